The monoisotopic (exact) mass is 216 g/mol. The molecule has 1 aromatic carbocycles. The van der Waals surface area contributed by atoms with Crippen molar-refractivity contribution in [3.05, 3.63) is 35.1 Å². The van der Waals surface area contributed by atoms with E-state index in [4.69, 9.17) is 16.1 Å². The zero-order chi connectivity index (χ0) is 9.84. The van der Waals surface area contributed by atoms with Crippen LogP contribution in [0.4, 0.5) is 4.39 Å². The molecule has 0 saturated carbocycles. The summed E-state index contributed by atoms with van der Waals surface area (Å²) < 4.78 is 12.8. The van der Waals surface area contributed by atoms with E-state index in [-0.39, 0.29) is 24.6 Å². The molecular formula is C9H10ClFN2O. The number of nitrogens with zero attached hydrogens (tertiary/aromatic N) is 1. The van der Waals surface area contributed by atoms with Gasteiger partial charge in [-0.25, -0.2) is 4.39 Å². The van der Waals surface area contributed by atoms with Crippen LogP contribution in [0.3, 0.4) is 0 Å². The molecule has 3 N–H and O–H groups in total. The minimum Gasteiger partial charge on any atom is -0.394 e. The minimum absolute atomic E-state index is 0. The van der Waals surface area contributed by atoms with Gasteiger partial charge in [0.2, 0.25) is 0 Å². The van der Waals surface area contributed by atoms with E-state index in [9.17, 15) is 4.39 Å². The molecule has 0 fully saturated rings. The number of hydrogen-bond acceptors (Lipinski definition) is 3. The molecule has 0 aliphatic carbocycles. The van der Waals surface area contributed by atoms with Crippen LogP contribution in [0.5, 0.6) is 0 Å². The third-order valence-corrected chi connectivity index (χ3v) is 1.74. The Morgan fingerprint density at radius 2 is 2.21 bits per heavy atom. The molecule has 14 heavy (non-hydrogen) atoms. The Hall–Kier alpha value is -1.15. The van der Waals surface area contributed by atoms with E-state index < -0.39 is 11.9 Å². The van der Waals surface area contributed by atoms with Crippen LogP contribution in [-0.4, -0.2) is 11.7 Å². The standard InChI is InChI=1S/C9H9FN2O.ClH/c10-8-2-1-6(9(12)5-13)3-7(8)4-11;/h1-3,9,13H,5,12H2;1H/t9-;/m1./s1. The fourth-order valence-electron chi connectivity index (χ4n) is 0.965. The van der Waals surface area contributed by atoms with E-state index in [1.165, 1.54) is 18.2 Å². The Morgan fingerprint density at radius 3 is 2.71 bits per heavy atom. The van der Waals surface area contributed by atoms with Gasteiger partial charge in [-0.15, -0.1) is 12.4 Å². The quantitative estimate of drug-likeness (QED) is 0.778. The zero-order valence-electron chi connectivity index (χ0n) is 7.27. The average Bonchev–Trinajstić information content (AvgIpc) is 2.17. The van der Waals surface area contributed by atoms with Crippen LogP contribution >= 0.6 is 12.4 Å². The summed E-state index contributed by atoms with van der Waals surface area (Å²) >= 11 is 0. The molecule has 1 rings (SSSR count). The third kappa shape index (κ3) is 2.67. The number of nitriles is 1. The highest BCUT2D eigenvalue weighted by atomic mass is 35.5. The second-order valence-electron chi connectivity index (χ2n) is 2.64. The SMILES string of the molecule is Cl.N#Cc1cc([C@H](N)CO)ccc1F. The molecule has 0 aromatic heterocycles. The van der Waals surface area contributed by atoms with E-state index >= 15 is 0 Å². The van der Waals surface area contributed by atoms with Gasteiger partial charge in [0.05, 0.1) is 18.2 Å². The summed E-state index contributed by atoms with van der Waals surface area (Å²) in [7, 11) is 0. The predicted molar refractivity (Wildman–Crippen MR) is 52.4 cm³/mol. The molecule has 1 aromatic rings. The maximum atomic E-state index is 12.8. The summed E-state index contributed by atoms with van der Waals surface area (Å²) in [5.41, 5.74) is 5.99. The Kier molecular flexibility index (Phi) is 5.10. The lowest BCUT2D eigenvalue weighted by Crippen LogP contribution is -2.14. The summed E-state index contributed by atoms with van der Waals surface area (Å²) in [6, 6.07) is 5.11. The van der Waals surface area contributed by atoms with Gasteiger partial charge in [-0.3, -0.25) is 0 Å². The topological polar surface area (TPSA) is 70.0 Å². The normalized spacial score (nSPS) is 11.3. The van der Waals surface area contributed by atoms with Crippen molar-refractivity contribution >= 4 is 12.4 Å². The van der Waals surface area contributed by atoms with Gasteiger partial charge >= 0.3 is 0 Å². The number of aliphatic hydroxyl groups excluding tert-OH is 1. The highest BCUT2D eigenvalue weighted by Crippen LogP contribution is 2.14. The smallest absolute Gasteiger partial charge is 0.140 e. The minimum atomic E-state index is -0.573. The summed E-state index contributed by atoms with van der Waals surface area (Å²) in [5, 5.41) is 17.2. The van der Waals surface area contributed by atoms with Crippen LogP contribution in [0.1, 0.15) is 17.2 Å². The van der Waals surface area contributed by atoms with Crippen molar-refractivity contribution in [2.75, 3.05) is 6.61 Å². The molecule has 0 unspecified atom stereocenters. The van der Waals surface area contributed by atoms with Crippen molar-refractivity contribution in [1.82, 2.24) is 0 Å². The molecule has 0 amide bonds. The van der Waals surface area contributed by atoms with Crippen molar-refractivity contribution < 1.29 is 9.50 Å². The summed E-state index contributed by atoms with van der Waals surface area (Å²) in [6.07, 6.45) is 0. The van der Waals surface area contributed by atoms with Gasteiger partial charge in [-0.2, -0.15) is 5.26 Å². The maximum Gasteiger partial charge on any atom is 0.140 e. The van der Waals surface area contributed by atoms with Crippen LogP contribution in [0.15, 0.2) is 18.2 Å². The van der Waals surface area contributed by atoms with Gasteiger partial charge in [-0.05, 0) is 17.7 Å². The van der Waals surface area contributed by atoms with Gasteiger partial charge in [0.25, 0.3) is 0 Å². The number of rotatable bonds is 2. The molecule has 0 heterocycles. The van der Waals surface area contributed by atoms with Gasteiger partial charge in [-0.1, -0.05) is 6.07 Å². The van der Waals surface area contributed by atoms with Crippen LogP contribution in [-0.2, 0) is 0 Å². The maximum absolute atomic E-state index is 12.8. The van der Waals surface area contributed by atoms with E-state index in [2.05, 4.69) is 0 Å². The fourth-order valence-corrected chi connectivity index (χ4v) is 0.965. The van der Waals surface area contributed by atoms with Crippen LogP contribution in [0, 0.1) is 17.1 Å². The van der Waals surface area contributed by atoms with E-state index in [1.54, 1.807) is 6.07 Å². The number of halogens is 2. The lowest BCUT2D eigenvalue weighted by atomic mass is 10.1. The summed E-state index contributed by atoms with van der Waals surface area (Å²) in [5.74, 6) is -0.573. The van der Waals surface area contributed by atoms with Gasteiger partial charge < -0.3 is 10.8 Å². The molecule has 5 heteroatoms. The average molecular weight is 217 g/mol. The molecule has 0 bridgehead atoms. The van der Waals surface area contributed by atoms with Crippen LogP contribution < -0.4 is 5.73 Å². The molecule has 76 valence electrons. The summed E-state index contributed by atoms with van der Waals surface area (Å²) in [6.45, 7) is -0.226. The van der Waals surface area contributed by atoms with Gasteiger partial charge in [0.15, 0.2) is 0 Å². The van der Waals surface area contributed by atoms with Crippen LogP contribution in [0.2, 0.25) is 0 Å². The number of benzene rings is 1. The van der Waals surface area contributed by atoms with Crippen molar-refractivity contribution in [3.63, 3.8) is 0 Å². The van der Waals surface area contributed by atoms with Gasteiger partial charge in [0, 0.05) is 0 Å². The van der Waals surface area contributed by atoms with Crippen molar-refractivity contribution in [3.8, 4) is 6.07 Å². The molecule has 0 radical (unpaired) electrons. The first-order valence-electron chi connectivity index (χ1n) is 3.75. The Morgan fingerprint density at radius 1 is 1.57 bits per heavy atom. The van der Waals surface area contributed by atoms with Crippen molar-refractivity contribution in [2.24, 2.45) is 5.73 Å². The lowest BCUT2D eigenvalue weighted by Gasteiger charge is -2.08. The lowest BCUT2D eigenvalue weighted by molar-refractivity contribution is 0.268. The zero-order valence-corrected chi connectivity index (χ0v) is 8.09. The third-order valence-electron chi connectivity index (χ3n) is 1.74. The van der Waals surface area contributed by atoms with Gasteiger partial charge in [0.1, 0.15) is 11.9 Å². The molecule has 3 nitrogen and oxygen atoms in total. The molecular weight excluding hydrogens is 207 g/mol. The number of aliphatic hydroxyl groups is 1. The molecule has 0 aliphatic rings. The fraction of sp³-hybridized carbons (Fsp3) is 0.222. The number of hydrogen-bond donors (Lipinski definition) is 2. The first-order chi connectivity index (χ1) is 6.19. The van der Waals surface area contributed by atoms with E-state index in [0.29, 0.717) is 5.56 Å². The predicted octanol–water partition coefficient (Wildman–Crippen LogP) is 1.11. The van der Waals surface area contributed by atoms with E-state index in [0.717, 1.165) is 0 Å². The molecule has 1 atom stereocenters. The Labute approximate surface area is 87.4 Å². The first kappa shape index (κ1) is 12.8. The van der Waals surface area contributed by atoms with Crippen LogP contribution in [0.25, 0.3) is 0 Å². The molecule has 0 spiro atoms. The second-order valence-corrected chi connectivity index (χ2v) is 2.64. The van der Waals surface area contributed by atoms with E-state index in [1.807, 2.05) is 0 Å². The second kappa shape index (κ2) is 5.55. The summed E-state index contributed by atoms with van der Waals surface area (Å²) in [4.78, 5) is 0. The van der Waals surface area contributed by atoms with Crippen molar-refractivity contribution in [2.45, 2.75) is 6.04 Å². The number of nitrogens with two attached hydrogens (primary N) is 1. The molecule has 0 aliphatic heterocycles. The first-order valence-corrected chi connectivity index (χ1v) is 3.75. The Bertz CT molecular complexity index is 351. The van der Waals surface area contributed by atoms with Crippen molar-refractivity contribution in [1.29, 1.82) is 5.26 Å². The highest BCUT2D eigenvalue weighted by Gasteiger charge is 2.07. The highest BCUT2D eigenvalue weighted by molar-refractivity contribution is 5.85. The largest absolute Gasteiger partial charge is 0.394 e. The molecule has 0 saturated heterocycles. The Balaban J connectivity index is 0.00000169.